The van der Waals surface area contributed by atoms with Gasteiger partial charge in [-0.3, -0.25) is 0 Å². The summed E-state index contributed by atoms with van der Waals surface area (Å²) in [5, 5.41) is 0. The molecule has 1 aromatic heterocycles. The van der Waals surface area contributed by atoms with Crippen LogP contribution in [0.15, 0.2) is 16.6 Å². The average molecular weight is 298 g/mol. The Kier molecular flexibility index (Phi) is 2.48. The predicted octanol–water partition coefficient (Wildman–Crippen LogP) is 3.29. The predicted molar refractivity (Wildman–Crippen MR) is 68.3 cm³/mol. The molecule has 0 radical (unpaired) electrons. The van der Waals surface area contributed by atoms with Crippen LogP contribution < -0.4 is 5.73 Å². The van der Waals surface area contributed by atoms with Crippen molar-refractivity contribution in [2.45, 2.75) is 31.8 Å². The normalized spacial score (nSPS) is 17.6. The Balaban J connectivity index is 2.36. The van der Waals surface area contributed by atoms with E-state index in [9.17, 15) is 4.39 Å². The second kappa shape index (κ2) is 3.78. The van der Waals surface area contributed by atoms with Crippen LogP contribution in [0.3, 0.4) is 0 Å². The van der Waals surface area contributed by atoms with Crippen molar-refractivity contribution in [1.82, 2.24) is 9.55 Å². The third kappa shape index (κ3) is 1.68. The Bertz CT molecular complexity index is 587. The van der Waals surface area contributed by atoms with Gasteiger partial charge in [0.15, 0.2) is 0 Å². The van der Waals surface area contributed by atoms with E-state index >= 15 is 0 Å². The number of fused-ring (bicyclic) bond motifs is 1. The number of aromatic nitrogens is 2. The number of halogens is 2. The molecule has 3 rings (SSSR count). The summed E-state index contributed by atoms with van der Waals surface area (Å²) in [5.74, 6) is 0.587. The van der Waals surface area contributed by atoms with Gasteiger partial charge in [0, 0.05) is 6.04 Å². The third-order valence-corrected chi connectivity index (χ3v) is 3.84. The lowest BCUT2D eigenvalue weighted by Gasteiger charge is -2.10. The minimum atomic E-state index is -0.254. The molecule has 1 aromatic carbocycles. The fourth-order valence-corrected chi connectivity index (χ4v) is 2.69. The number of nitrogens with zero attached hydrogens (tertiary/aromatic N) is 2. The molecule has 1 aliphatic carbocycles. The molecule has 0 aliphatic heterocycles. The Labute approximate surface area is 107 Å². The maximum atomic E-state index is 13.6. The first kappa shape index (κ1) is 11.2. The molecular weight excluding hydrogens is 285 g/mol. The van der Waals surface area contributed by atoms with Crippen LogP contribution in [0.2, 0.25) is 0 Å². The Morgan fingerprint density at radius 3 is 2.82 bits per heavy atom. The lowest BCUT2D eigenvalue weighted by atomic mass is 10.3. The molecule has 90 valence electrons. The highest BCUT2D eigenvalue weighted by molar-refractivity contribution is 9.10. The number of hydrogen-bond donors (Lipinski definition) is 1. The topological polar surface area (TPSA) is 43.8 Å². The van der Waals surface area contributed by atoms with Gasteiger partial charge in [0.25, 0.3) is 0 Å². The largest absolute Gasteiger partial charge is 0.323 e. The van der Waals surface area contributed by atoms with Crippen molar-refractivity contribution in [1.29, 1.82) is 0 Å². The molecule has 0 saturated heterocycles. The van der Waals surface area contributed by atoms with E-state index in [-0.39, 0.29) is 11.9 Å². The van der Waals surface area contributed by atoms with Crippen molar-refractivity contribution in [3.63, 3.8) is 0 Å². The quantitative estimate of drug-likeness (QED) is 0.924. The summed E-state index contributed by atoms with van der Waals surface area (Å²) < 4.78 is 16.2. The molecule has 0 unspecified atom stereocenters. The minimum absolute atomic E-state index is 0.141. The van der Waals surface area contributed by atoms with Crippen molar-refractivity contribution in [3.05, 3.63) is 28.2 Å². The molecule has 0 spiro atoms. The van der Waals surface area contributed by atoms with Gasteiger partial charge in [-0.2, -0.15) is 0 Å². The summed E-state index contributed by atoms with van der Waals surface area (Å²) in [5.41, 5.74) is 7.58. The summed E-state index contributed by atoms with van der Waals surface area (Å²) in [4.78, 5) is 4.52. The third-order valence-electron chi connectivity index (χ3n) is 3.09. The Hall–Kier alpha value is -0.940. The van der Waals surface area contributed by atoms with Crippen LogP contribution in [0, 0.1) is 5.82 Å². The standard InChI is InChI=1S/C12H13BrFN3/c1-6(15)12-16-9-5-4-8(14)10(13)11(9)17(12)7-2-3-7/h4-7H,2-3,15H2,1H3/t6-/m0/s1. The maximum absolute atomic E-state index is 13.6. The van der Waals surface area contributed by atoms with Crippen LogP contribution in [-0.4, -0.2) is 9.55 Å². The van der Waals surface area contributed by atoms with Crippen LogP contribution in [0.4, 0.5) is 4.39 Å². The van der Waals surface area contributed by atoms with Crippen LogP contribution in [0.5, 0.6) is 0 Å². The number of rotatable bonds is 2. The summed E-state index contributed by atoms with van der Waals surface area (Å²) in [6.07, 6.45) is 2.24. The van der Waals surface area contributed by atoms with E-state index in [0.29, 0.717) is 10.5 Å². The zero-order valence-corrected chi connectivity index (χ0v) is 11.0. The molecule has 1 atom stereocenters. The summed E-state index contributed by atoms with van der Waals surface area (Å²) in [6, 6.07) is 3.43. The van der Waals surface area contributed by atoms with Gasteiger partial charge in [-0.25, -0.2) is 9.37 Å². The zero-order valence-electron chi connectivity index (χ0n) is 9.45. The van der Waals surface area contributed by atoms with Gasteiger partial charge >= 0.3 is 0 Å². The zero-order chi connectivity index (χ0) is 12.2. The first-order valence-electron chi connectivity index (χ1n) is 5.71. The van der Waals surface area contributed by atoms with E-state index in [1.807, 2.05) is 6.92 Å². The molecule has 0 amide bonds. The van der Waals surface area contributed by atoms with E-state index in [4.69, 9.17) is 5.73 Å². The maximum Gasteiger partial charge on any atom is 0.139 e. The van der Waals surface area contributed by atoms with Crippen molar-refractivity contribution in [3.8, 4) is 0 Å². The molecule has 3 nitrogen and oxygen atoms in total. The van der Waals surface area contributed by atoms with Gasteiger partial charge in [0.05, 0.1) is 21.5 Å². The van der Waals surface area contributed by atoms with Crippen LogP contribution >= 0.6 is 15.9 Å². The minimum Gasteiger partial charge on any atom is -0.323 e. The molecule has 2 N–H and O–H groups in total. The van der Waals surface area contributed by atoms with E-state index in [1.54, 1.807) is 6.07 Å². The summed E-state index contributed by atoms with van der Waals surface area (Å²) in [7, 11) is 0. The smallest absolute Gasteiger partial charge is 0.139 e. The molecule has 2 aromatic rings. The second-order valence-corrected chi connectivity index (χ2v) is 5.38. The number of nitrogens with two attached hydrogens (primary N) is 1. The van der Waals surface area contributed by atoms with Crippen molar-refractivity contribution >= 4 is 27.0 Å². The van der Waals surface area contributed by atoms with Gasteiger partial charge in [0.1, 0.15) is 11.6 Å². The second-order valence-electron chi connectivity index (χ2n) is 4.59. The van der Waals surface area contributed by atoms with Gasteiger partial charge in [-0.05, 0) is 47.8 Å². The monoisotopic (exact) mass is 297 g/mol. The first-order valence-corrected chi connectivity index (χ1v) is 6.50. The highest BCUT2D eigenvalue weighted by atomic mass is 79.9. The van der Waals surface area contributed by atoms with Gasteiger partial charge in [-0.1, -0.05) is 0 Å². The first-order chi connectivity index (χ1) is 8.09. The SMILES string of the molecule is C[C@H](N)c1nc2ccc(F)c(Br)c2n1C1CC1. The van der Waals surface area contributed by atoms with Gasteiger partial charge < -0.3 is 10.3 Å². The summed E-state index contributed by atoms with van der Waals surface area (Å²) in [6.45, 7) is 1.91. The lowest BCUT2D eigenvalue weighted by molar-refractivity contribution is 0.616. The molecular formula is C12H13BrFN3. The van der Waals surface area contributed by atoms with Gasteiger partial charge in [0.2, 0.25) is 0 Å². The van der Waals surface area contributed by atoms with Crippen molar-refractivity contribution < 1.29 is 4.39 Å². The van der Waals surface area contributed by atoms with E-state index < -0.39 is 0 Å². The fraction of sp³-hybridized carbons (Fsp3) is 0.417. The molecule has 1 aliphatic rings. The van der Waals surface area contributed by atoms with Crippen LogP contribution in [-0.2, 0) is 0 Å². The average Bonchev–Trinajstić information content (AvgIpc) is 3.04. The molecule has 1 fully saturated rings. The highest BCUT2D eigenvalue weighted by Crippen LogP contribution is 2.41. The van der Waals surface area contributed by atoms with Crippen LogP contribution in [0.1, 0.15) is 37.7 Å². The fourth-order valence-electron chi connectivity index (χ4n) is 2.16. The Morgan fingerprint density at radius 2 is 2.24 bits per heavy atom. The lowest BCUT2D eigenvalue weighted by Crippen LogP contribution is -2.12. The molecule has 5 heteroatoms. The molecule has 1 saturated carbocycles. The van der Waals surface area contributed by atoms with Gasteiger partial charge in [-0.15, -0.1) is 0 Å². The number of benzene rings is 1. The van der Waals surface area contributed by atoms with Crippen molar-refractivity contribution in [2.75, 3.05) is 0 Å². The van der Waals surface area contributed by atoms with Crippen LogP contribution in [0.25, 0.3) is 11.0 Å². The van der Waals surface area contributed by atoms with E-state index in [2.05, 4.69) is 25.5 Å². The number of imidazole rings is 1. The Morgan fingerprint density at radius 1 is 1.53 bits per heavy atom. The van der Waals surface area contributed by atoms with E-state index in [0.717, 1.165) is 29.7 Å². The van der Waals surface area contributed by atoms with Crippen molar-refractivity contribution in [2.24, 2.45) is 5.73 Å². The molecule has 0 bridgehead atoms. The molecule has 1 heterocycles. The highest BCUT2D eigenvalue weighted by Gasteiger charge is 2.30. The summed E-state index contributed by atoms with van der Waals surface area (Å²) >= 11 is 3.31. The molecule has 17 heavy (non-hydrogen) atoms. The number of hydrogen-bond acceptors (Lipinski definition) is 2. The van der Waals surface area contributed by atoms with E-state index in [1.165, 1.54) is 6.07 Å².